The van der Waals surface area contributed by atoms with Crippen LogP contribution >= 0.6 is 43.2 Å². The van der Waals surface area contributed by atoms with E-state index in [1.807, 2.05) is 0 Å². The summed E-state index contributed by atoms with van der Waals surface area (Å²) in [7, 11) is -12.8. The van der Waals surface area contributed by atoms with E-state index in [1.165, 1.54) is 0 Å². The van der Waals surface area contributed by atoms with Crippen molar-refractivity contribution in [3.63, 3.8) is 0 Å². The van der Waals surface area contributed by atoms with Crippen LogP contribution in [0, 0.1) is 0 Å². The maximum Gasteiger partial charge on any atom is 1.00 e. The summed E-state index contributed by atoms with van der Waals surface area (Å²) in [4.78, 5) is 0. The fourth-order valence-electron chi connectivity index (χ4n) is 2.24. The smallest absolute Gasteiger partial charge is 0.748 e. The summed E-state index contributed by atoms with van der Waals surface area (Å²) in [6.07, 6.45) is 3.96. The predicted octanol–water partition coefficient (Wildman–Crippen LogP) is -7.51. The molecule has 19 heteroatoms. The van der Waals surface area contributed by atoms with Crippen LogP contribution in [0.25, 0.3) is 0 Å². The molecule has 0 atom stereocenters. The maximum absolute atomic E-state index is 10.6. The van der Waals surface area contributed by atoms with E-state index in [4.69, 9.17) is 0 Å². The molecule has 0 aromatic rings. The van der Waals surface area contributed by atoms with Gasteiger partial charge in [0.2, 0.25) is 0 Å². The third kappa shape index (κ3) is 38.4. The third-order valence-electron chi connectivity index (χ3n) is 3.70. The van der Waals surface area contributed by atoms with Crippen molar-refractivity contribution >= 4 is 73.6 Å². The monoisotopic (exact) mass is 646 g/mol. The second-order valence-corrected chi connectivity index (χ2v) is 17.5. The molecule has 0 saturated heterocycles. The van der Waals surface area contributed by atoms with Gasteiger partial charge >= 0.3 is 88.7 Å². The second kappa shape index (κ2) is 26.1. The molecule has 0 spiro atoms. The summed E-state index contributed by atoms with van der Waals surface area (Å²) in [6.45, 7) is 0. The van der Waals surface area contributed by atoms with E-state index in [9.17, 15) is 38.9 Å². The van der Waals surface area contributed by atoms with Crippen molar-refractivity contribution in [3.05, 3.63) is 0 Å². The van der Waals surface area contributed by atoms with Crippen LogP contribution in [0.4, 0.5) is 0 Å². The molecule has 0 fully saturated rings. The van der Waals surface area contributed by atoms with Gasteiger partial charge in [0, 0.05) is 17.3 Å². The van der Waals surface area contributed by atoms with Crippen LogP contribution in [0.15, 0.2) is 0 Å². The van der Waals surface area contributed by atoms with Gasteiger partial charge in [-0.15, -0.1) is 7.92 Å². The SMILES string of the molecule is O=S(=O)([O-])CCCSCCP(CCSCCCS(=O)(=O)[O-])CCSCCCS(=O)(=O)[O-].[Na+].[Na+].[Na+]. The van der Waals surface area contributed by atoms with E-state index in [2.05, 4.69) is 0 Å². The zero-order chi connectivity index (χ0) is 23.8. The van der Waals surface area contributed by atoms with Crippen molar-refractivity contribution in [1.82, 2.24) is 0 Å². The van der Waals surface area contributed by atoms with Crippen LogP contribution in [0.2, 0.25) is 0 Å². The zero-order valence-electron chi connectivity index (χ0n) is 20.2. The molecule has 0 aliphatic rings. The van der Waals surface area contributed by atoms with Crippen molar-refractivity contribution in [2.45, 2.75) is 19.3 Å². The summed E-state index contributed by atoms with van der Waals surface area (Å²) in [6, 6.07) is 0. The number of hydrogen-bond acceptors (Lipinski definition) is 12. The molecule has 0 saturated carbocycles. The van der Waals surface area contributed by atoms with Gasteiger partial charge in [-0.25, -0.2) is 25.3 Å². The maximum atomic E-state index is 10.6. The van der Waals surface area contributed by atoms with Gasteiger partial charge in [0.15, 0.2) is 0 Å². The Morgan fingerprint density at radius 2 is 0.706 bits per heavy atom. The second-order valence-electron chi connectivity index (χ2n) is 6.52. The van der Waals surface area contributed by atoms with Gasteiger partial charge in [-0.1, -0.05) is 0 Å². The van der Waals surface area contributed by atoms with Gasteiger partial charge in [-0.3, -0.25) is 0 Å². The van der Waals surface area contributed by atoms with Gasteiger partial charge in [-0.05, 0) is 72.3 Å². The van der Waals surface area contributed by atoms with Crippen molar-refractivity contribution in [3.8, 4) is 0 Å². The Morgan fingerprint density at radius 1 is 0.471 bits per heavy atom. The summed E-state index contributed by atoms with van der Waals surface area (Å²) >= 11 is 4.86. The van der Waals surface area contributed by atoms with E-state index >= 15 is 0 Å². The van der Waals surface area contributed by atoms with Crippen LogP contribution in [0.1, 0.15) is 19.3 Å². The fourth-order valence-corrected chi connectivity index (χ4v) is 11.3. The Bertz CT molecular complexity index is 681. The Balaban J connectivity index is -0.00000150. The first-order chi connectivity index (χ1) is 14.3. The number of hydrogen-bond donors (Lipinski definition) is 0. The molecule has 9 nitrogen and oxygen atoms in total. The Kier molecular flexibility index (Phi) is 34.7. The predicted molar refractivity (Wildman–Crippen MR) is 131 cm³/mol. The van der Waals surface area contributed by atoms with E-state index in [0.29, 0.717) is 36.5 Å². The van der Waals surface area contributed by atoms with Gasteiger partial charge in [-0.2, -0.15) is 35.3 Å². The molecule has 0 unspecified atom stereocenters. The topological polar surface area (TPSA) is 172 Å². The van der Waals surface area contributed by atoms with E-state index < -0.39 is 30.4 Å². The van der Waals surface area contributed by atoms with Crippen molar-refractivity contribution in [1.29, 1.82) is 0 Å². The van der Waals surface area contributed by atoms with E-state index in [1.54, 1.807) is 35.3 Å². The number of rotatable bonds is 21. The molecule has 0 aliphatic carbocycles. The van der Waals surface area contributed by atoms with Gasteiger partial charge in [0.1, 0.15) is 0 Å². The van der Waals surface area contributed by atoms with Crippen LogP contribution < -0.4 is 88.7 Å². The van der Waals surface area contributed by atoms with E-state index in [0.717, 1.165) is 35.7 Å². The molecule has 0 aliphatic heterocycles. The molecule has 0 heterocycles. The minimum Gasteiger partial charge on any atom is -0.748 e. The minimum absolute atomic E-state index is 0. The van der Waals surface area contributed by atoms with E-state index in [-0.39, 0.29) is 114 Å². The first-order valence-electron chi connectivity index (χ1n) is 9.55. The molecule has 0 N–H and O–H groups in total. The average Bonchev–Trinajstić information content (AvgIpc) is 2.60. The largest absolute Gasteiger partial charge is 1.00 e. The molecule has 188 valence electrons. The molecular weight excluding hydrogens is 617 g/mol. The Labute approximate surface area is 286 Å². The first-order valence-corrected chi connectivity index (χ1v) is 19.6. The molecule has 0 bridgehead atoms. The van der Waals surface area contributed by atoms with Crippen LogP contribution in [-0.2, 0) is 30.4 Å². The van der Waals surface area contributed by atoms with Crippen LogP contribution in [-0.4, -0.2) is 109 Å². The van der Waals surface area contributed by atoms with Gasteiger partial charge in [0.05, 0.1) is 30.4 Å². The zero-order valence-corrected chi connectivity index (χ0v) is 32.0. The normalized spacial score (nSPS) is 12.0. The molecule has 34 heavy (non-hydrogen) atoms. The van der Waals surface area contributed by atoms with Gasteiger partial charge in [0.25, 0.3) is 0 Å². The molecule has 0 aromatic carbocycles. The molecule has 0 aromatic heterocycles. The quantitative estimate of drug-likeness (QED) is 0.0500. The fraction of sp³-hybridized carbons (Fsp3) is 1.00. The Hall–Kier alpha value is 4.21. The molecular formula is C15H30Na3O9PS6. The van der Waals surface area contributed by atoms with Crippen molar-refractivity contribution in [2.24, 2.45) is 0 Å². The molecule has 0 amide bonds. The number of thioether (sulfide) groups is 3. The Morgan fingerprint density at radius 3 is 0.912 bits per heavy atom. The van der Waals surface area contributed by atoms with Crippen molar-refractivity contribution < 1.29 is 128 Å². The third-order valence-corrected chi connectivity index (χ3v) is 12.8. The van der Waals surface area contributed by atoms with Crippen LogP contribution in [0.5, 0.6) is 0 Å². The van der Waals surface area contributed by atoms with Crippen molar-refractivity contribution in [2.75, 3.05) is 70.3 Å². The molecule has 0 rings (SSSR count). The average molecular weight is 647 g/mol. The summed E-state index contributed by atoms with van der Waals surface area (Å²) in [5, 5.41) is 0. The summed E-state index contributed by atoms with van der Waals surface area (Å²) < 4.78 is 95.4. The summed E-state index contributed by atoms with van der Waals surface area (Å²) in [5.41, 5.74) is 0. The molecule has 0 radical (unpaired) electrons. The minimum atomic E-state index is -4.16. The summed E-state index contributed by atoms with van der Waals surface area (Å²) in [5.74, 6) is 3.39. The van der Waals surface area contributed by atoms with Gasteiger partial charge < -0.3 is 13.7 Å². The first kappa shape index (κ1) is 45.2. The van der Waals surface area contributed by atoms with Crippen LogP contribution in [0.3, 0.4) is 0 Å². The standard InChI is InChI=1S/C15H33O9PS6.3Na/c16-29(17,18)13-1-7-26-10-4-25(5-11-27-8-2-14-30(19,20)21)6-12-28-9-3-15-31(22,23)24;;;/h1-15H2,(H,16,17,18)(H,19,20,21)(H,22,23,24);;;/q;3*+1/p-3.